The van der Waals surface area contributed by atoms with Crippen molar-refractivity contribution in [1.29, 1.82) is 0 Å². The second kappa shape index (κ2) is 7.93. The Kier molecular flexibility index (Phi) is 6.56. The average molecular weight is 315 g/mol. The topological polar surface area (TPSA) is 132 Å². The van der Waals surface area contributed by atoms with Gasteiger partial charge in [0.2, 0.25) is 16.0 Å². The first-order chi connectivity index (χ1) is 9.86. The summed E-state index contributed by atoms with van der Waals surface area (Å²) in [5.41, 5.74) is 3.29. The molecule has 1 aromatic carbocycles. The Balaban J connectivity index is 2.69. The van der Waals surface area contributed by atoms with Crippen molar-refractivity contribution < 1.29 is 13.2 Å². The standard InChI is InChI=1S/C12H21N5O3S/c1-9(8-20-2)16-12(17-13)15-7-10-3-5-11(6-4-10)21(14,18)19/h3-6,9H,7-8,13H2,1-2H3,(H2,14,18,19)(H2,15,16,17). The molecule has 0 saturated carbocycles. The van der Waals surface area contributed by atoms with Gasteiger partial charge in [0.25, 0.3) is 0 Å². The summed E-state index contributed by atoms with van der Waals surface area (Å²) in [5, 5.41) is 8.08. The smallest absolute Gasteiger partial charge is 0.238 e. The number of benzene rings is 1. The highest BCUT2D eigenvalue weighted by Crippen LogP contribution is 2.09. The third-order valence-electron chi connectivity index (χ3n) is 2.61. The second-order valence-electron chi connectivity index (χ2n) is 4.50. The maximum absolute atomic E-state index is 11.1. The Morgan fingerprint density at radius 1 is 1.38 bits per heavy atom. The van der Waals surface area contributed by atoms with E-state index in [0.717, 1.165) is 5.56 Å². The number of nitrogens with zero attached hydrogens (tertiary/aromatic N) is 1. The quantitative estimate of drug-likeness (QED) is 0.237. The molecule has 0 spiro atoms. The van der Waals surface area contributed by atoms with E-state index in [-0.39, 0.29) is 10.9 Å². The van der Waals surface area contributed by atoms with E-state index in [2.05, 4.69) is 15.7 Å². The zero-order chi connectivity index (χ0) is 15.9. The lowest BCUT2D eigenvalue weighted by Gasteiger charge is -2.15. The maximum atomic E-state index is 11.1. The molecule has 118 valence electrons. The van der Waals surface area contributed by atoms with E-state index in [4.69, 9.17) is 15.7 Å². The van der Waals surface area contributed by atoms with E-state index >= 15 is 0 Å². The minimum absolute atomic E-state index is 0.0505. The second-order valence-corrected chi connectivity index (χ2v) is 6.06. The van der Waals surface area contributed by atoms with Gasteiger partial charge in [-0.05, 0) is 24.6 Å². The van der Waals surface area contributed by atoms with Crippen LogP contribution in [0.5, 0.6) is 0 Å². The van der Waals surface area contributed by atoms with Crippen LogP contribution >= 0.6 is 0 Å². The molecular formula is C12H21N5O3S. The van der Waals surface area contributed by atoms with Crippen molar-refractivity contribution in [3.05, 3.63) is 29.8 Å². The molecule has 9 heteroatoms. The molecule has 0 radical (unpaired) electrons. The lowest BCUT2D eigenvalue weighted by molar-refractivity contribution is 0.179. The molecule has 0 aliphatic heterocycles. The van der Waals surface area contributed by atoms with Crippen molar-refractivity contribution in [1.82, 2.24) is 10.7 Å². The molecule has 0 aliphatic rings. The van der Waals surface area contributed by atoms with Gasteiger partial charge in [0, 0.05) is 13.2 Å². The van der Waals surface area contributed by atoms with Crippen molar-refractivity contribution in [2.75, 3.05) is 13.7 Å². The largest absolute Gasteiger partial charge is 0.383 e. The summed E-state index contributed by atoms with van der Waals surface area (Å²) < 4.78 is 27.3. The molecule has 0 amide bonds. The molecule has 21 heavy (non-hydrogen) atoms. The van der Waals surface area contributed by atoms with Crippen molar-refractivity contribution in [3.8, 4) is 0 Å². The fourth-order valence-corrected chi connectivity index (χ4v) is 2.13. The number of primary sulfonamides is 1. The molecule has 1 aromatic rings. The highest BCUT2D eigenvalue weighted by molar-refractivity contribution is 7.89. The zero-order valence-electron chi connectivity index (χ0n) is 12.0. The van der Waals surface area contributed by atoms with Gasteiger partial charge in [0.15, 0.2) is 0 Å². The first-order valence-corrected chi connectivity index (χ1v) is 7.79. The Morgan fingerprint density at radius 2 is 2.00 bits per heavy atom. The Labute approximate surface area is 124 Å². The molecule has 8 nitrogen and oxygen atoms in total. The first kappa shape index (κ1) is 17.4. The van der Waals surface area contributed by atoms with Gasteiger partial charge in [-0.25, -0.2) is 24.4 Å². The number of sulfonamides is 1. The molecule has 6 N–H and O–H groups in total. The lowest BCUT2D eigenvalue weighted by atomic mass is 10.2. The van der Waals surface area contributed by atoms with Gasteiger partial charge < -0.3 is 10.1 Å². The number of hydrazine groups is 1. The summed E-state index contributed by atoms with van der Waals surface area (Å²) in [6, 6.07) is 6.23. The van der Waals surface area contributed by atoms with E-state index in [9.17, 15) is 8.42 Å². The fourth-order valence-electron chi connectivity index (χ4n) is 1.61. The number of hydrogen-bond acceptors (Lipinski definition) is 5. The van der Waals surface area contributed by atoms with Crippen LogP contribution < -0.4 is 21.7 Å². The summed E-state index contributed by atoms with van der Waals surface area (Å²) >= 11 is 0. The van der Waals surface area contributed by atoms with Crippen LogP contribution in [0.25, 0.3) is 0 Å². The molecule has 0 bridgehead atoms. The van der Waals surface area contributed by atoms with Crippen molar-refractivity contribution in [3.63, 3.8) is 0 Å². The summed E-state index contributed by atoms with van der Waals surface area (Å²) in [6.07, 6.45) is 0. The third kappa shape index (κ3) is 6.08. The molecule has 0 aliphatic carbocycles. The van der Waals surface area contributed by atoms with Gasteiger partial charge in [0.05, 0.1) is 18.0 Å². The van der Waals surface area contributed by atoms with E-state index in [1.54, 1.807) is 19.2 Å². The summed E-state index contributed by atoms with van der Waals surface area (Å²) in [7, 11) is -2.06. The molecule has 0 aromatic heterocycles. The lowest BCUT2D eigenvalue weighted by Crippen LogP contribution is -2.46. The normalized spacial score (nSPS) is 13.8. The van der Waals surface area contributed by atoms with E-state index in [1.807, 2.05) is 6.92 Å². The number of aliphatic imine (C=N–C) groups is 1. The van der Waals surface area contributed by atoms with Crippen LogP contribution in [0.2, 0.25) is 0 Å². The summed E-state index contributed by atoms with van der Waals surface area (Å²) in [4.78, 5) is 4.33. The molecule has 0 heterocycles. The van der Waals surface area contributed by atoms with E-state index in [0.29, 0.717) is 19.1 Å². The molecule has 0 fully saturated rings. The number of methoxy groups -OCH3 is 1. The number of nitrogens with two attached hydrogens (primary N) is 2. The Bertz CT molecular complexity index is 571. The summed E-state index contributed by atoms with van der Waals surface area (Å²) in [5.74, 6) is 5.81. The minimum atomic E-state index is -3.67. The van der Waals surface area contributed by atoms with Gasteiger partial charge in [-0.1, -0.05) is 12.1 Å². The minimum Gasteiger partial charge on any atom is -0.383 e. The highest BCUT2D eigenvalue weighted by atomic mass is 32.2. The monoisotopic (exact) mass is 315 g/mol. The maximum Gasteiger partial charge on any atom is 0.238 e. The van der Waals surface area contributed by atoms with Gasteiger partial charge in [-0.2, -0.15) is 0 Å². The average Bonchev–Trinajstić information content (AvgIpc) is 2.43. The summed E-state index contributed by atoms with van der Waals surface area (Å²) in [6.45, 7) is 2.79. The van der Waals surface area contributed by atoms with Gasteiger partial charge in [-0.15, -0.1) is 0 Å². The van der Waals surface area contributed by atoms with E-state index < -0.39 is 10.0 Å². The van der Waals surface area contributed by atoms with Crippen LogP contribution in [0.15, 0.2) is 34.2 Å². The van der Waals surface area contributed by atoms with Crippen LogP contribution in [-0.4, -0.2) is 34.1 Å². The first-order valence-electron chi connectivity index (χ1n) is 6.25. The number of ether oxygens (including phenoxy) is 1. The molecule has 1 atom stereocenters. The Hall–Kier alpha value is -1.68. The SMILES string of the molecule is COCC(C)NC(=NCc1ccc(S(N)(=O)=O)cc1)NN. The predicted molar refractivity (Wildman–Crippen MR) is 80.8 cm³/mol. The fraction of sp³-hybridized carbons (Fsp3) is 0.417. The highest BCUT2D eigenvalue weighted by Gasteiger charge is 2.07. The number of nitrogens with one attached hydrogen (secondary N) is 2. The van der Waals surface area contributed by atoms with Gasteiger partial charge in [-0.3, -0.25) is 5.43 Å². The molecule has 1 rings (SSSR count). The van der Waals surface area contributed by atoms with Crippen LogP contribution in [0.4, 0.5) is 0 Å². The van der Waals surface area contributed by atoms with Crippen LogP contribution in [-0.2, 0) is 21.3 Å². The third-order valence-corrected chi connectivity index (χ3v) is 3.54. The zero-order valence-corrected chi connectivity index (χ0v) is 12.9. The molecular weight excluding hydrogens is 294 g/mol. The van der Waals surface area contributed by atoms with Crippen molar-refractivity contribution >= 4 is 16.0 Å². The number of guanidine groups is 1. The molecule has 1 unspecified atom stereocenters. The van der Waals surface area contributed by atoms with Gasteiger partial charge in [0.1, 0.15) is 0 Å². The van der Waals surface area contributed by atoms with Crippen molar-refractivity contribution in [2.24, 2.45) is 16.0 Å². The van der Waals surface area contributed by atoms with Crippen molar-refractivity contribution in [2.45, 2.75) is 24.4 Å². The van der Waals surface area contributed by atoms with Gasteiger partial charge >= 0.3 is 0 Å². The Morgan fingerprint density at radius 3 is 2.48 bits per heavy atom. The number of hydrogen-bond donors (Lipinski definition) is 4. The van der Waals surface area contributed by atoms with E-state index in [1.165, 1.54) is 12.1 Å². The van der Waals surface area contributed by atoms with Crippen LogP contribution in [0.1, 0.15) is 12.5 Å². The number of rotatable bonds is 6. The molecule has 0 saturated heterocycles. The van der Waals surface area contributed by atoms with Crippen LogP contribution in [0.3, 0.4) is 0 Å². The predicted octanol–water partition coefficient (Wildman–Crippen LogP) is -0.722. The van der Waals surface area contributed by atoms with Crippen LogP contribution in [0, 0.1) is 0 Å².